The first-order chi connectivity index (χ1) is 13.6. The molecular weight excluding hydrogens is 368 g/mol. The SMILES string of the molecule is CCC(C)C1Cc2ccccc2N1C1CCN(C(=O)Nc2nc(C)cs2)CC1. The molecule has 1 fully saturated rings. The van der Waals surface area contributed by atoms with Gasteiger partial charge in [0.25, 0.3) is 0 Å². The van der Waals surface area contributed by atoms with Crippen LogP contribution in [0, 0.1) is 12.8 Å². The molecule has 6 heteroatoms. The lowest BCUT2D eigenvalue weighted by Gasteiger charge is -2.42. The number of nitrogens with zero attached hydrogens (tertiary/aromatic N) is 3. The Balaban J connectivity index is 1.42. The van der Waals surface area contributed by atoms with E-state index in [0.717, 1.165) is 38.0 Å². The normalized spacial score (nSPS) is 20.9. The molecule has 0 aliphatic carbocycles. The van der Waals surface area contributed by atoms with Gasteiger partial charge in [-0.2, -0.15) is 0 Å². The van der Waals surface area contributed by atoms with E-state index in [9.17, 15) is 4.79 Å². The van der Waals surface area contributed by atoms with Crippen LogP contribution in [-0.4, -0.2) is 41.1 Å². The molecule has 1 aromatic heterocycles. The molecule has 0 radical (unpaired) electrons. The van der Waals surface area contributed by atoms with Crippen LogP contribution in [-0.2, 0) is 6.42 Å². The topological polar surface area (TPSA) is 48.5 Å². The molecule has 2 atom stereocenters. The van der Waals surface area contributed by atoms with Gasteiger partial charge in [0.2, 0.25) is 0 Å². The Morgan fingerprint density at radius 1 is 1.32 bits per heavy atom. The van der Waals surface area contributed by atoms with Crippen LogP contribution in [0.2, 0.25) is 0 Å². The summed E-state index contributed by atoms with van der Waals surface area (Å²) < 4.78 is 0. The molecule has 5 nitrogen and oxygen atoms in total. The Hall–Kier alpha value is -2.08. The van der Waals surface area contributed by atoms with Crippen LogP contribution in [0.1, 0.15) is 44.4 Å². The number of carbonyl (C=O) groups is 1. The summed E-state index contributed by atoms with van der Waals surface area (Å²) in [4.78, 5) is 21.6. The van der Waals surface area contributed by atoms with E-state index in [1.165, 1.54) is 29.0 Å². The van der Waals surface area contributed by atoms with Gasteiger partial charge in [-0.15, -0.1) is 11.3 Å². The Morgan fingerprint density at radius 3 is 2.75 bits per heavy atom. The number of benzene rings is 1. The second-order valence-corrected chi connectivity index (χ2v) is 8.99. The highest BCUT2D eigenvalue weighted by atomic mass is 32.1. The standard InChI is InChI=1S/C22H30N4OS/c1-4-15(2)20-13-17-7-5-6-8-19(17)26(20)18-9-11-25(12-10-18)22(27)24-21-23-16(3)14-28-21/h5-8,14-15,18,20H,4,9-13H2,1-3H3,(H,23,24,27). The van der Waals surface area contributed by atoms with Gasteiger partial charge in [0, 0.05) is 36.2 Å². The molecule has 4 rings (SSSR count). The maximum atomic E-state index is 12.6. The number of likely N-dealkylation sites (tertiary alicyclic amines) is 1. The fraction of sp³-hybridized carbons (Fsp3) is 0.545. The summed E-state index contributed by atoms with van der Waals surface area (Å²) in [5.41, 5.74) is 3.84. The molecule has 2 amide bonds. The lowest BCUT2D eigenvalue weighted by Crippen LogP contribution is -2.51. The minimum absolute atomic E-state index is 0.0203. The van der Waals surface area contributed by atoms with Crippen LogP contribution < -0.4 is 10.2 Å². The lowest BCUT2D eigenvalue weighted by molar-refractivity contribution is 0.190. The number of fused-ring (bicyclic) bond motifs is 1. The minimum Gasteiger partial charge on any atom is -0.365 e. The van der Waals surface area contributed by atoms with E-state index in [4.69, 9.17) is 0 Å². The summed E-state index contributed by atoms with van der Waals surface area (Å²) in [6.07, 6.45) is 4.39. The van der Waals surface area contributed by atoms with Crippen LogP contribution in [0.3, 0.4) is 0 Å². The number of hydrogen-bond acceptors (Lipinski definition) is 4. The highest BCUT2D eigenvalue weighted by molar-refractivity contribution is 7.13. The Morgan fingerprint density at radius 2 is 2.07 bits per heavy atom. The maximum absolute atomic E-state index is 12.6. The number of hydrogen-bond donors (Lipinski definition) is 1. The van der Waals surface area contributed by atoms with E-state index in [0.29, 0.717) is 23.1 Å². The van der Waals surface area contributed by atoms with Gasteiger partial charge in [0.15, 0.2) is 5.13 Å². The molecule has 0 bridgehead atoms. The van der Waals surface area contributed by atoms with Gasteiger partial charge < -0.3 is 9.80 Å². The van der Waals surface area contributed by atoms with Gasteiger partial charge in [0.05, 0.1) is 5.69 Å². The van der Waals surface area contributed by atoms with Crippen molar-refractivity contribution in [2.24, 2.45) is 5.92 Å². The van der Waals surface area contributed by atoms with E-state index in [-0.39, 0.29) is 6.03 Å². The van der Waals surface area contributed by atoms with Crippen LogP contribution in [0.25, 0.3) is 0 Å². The average Bonchev–Trinajstić information content (AvgIpc) is 3.30. The summed E-state index contributed by atoms with van der Waals surface area (Å²) >= 11 is 1.48. The second kappa shape index (κ2) is 8.11. The zero-order chi connectivity index (χ0) is 19.7. The third-order valence-electron chi connectivity index (χ3n) is 6.33. The van der Waals surface area contributed by atoms with Crippen molar-refractivity contribution in [2.75, 3.05) is 23.3 Å². The number of anilines is 2. The largest absolute Gasteiger partial charge is 0.365 e. The van der Waals surface area contributed by atoms with Crippen molar-refractivity contribution in [3.05, 3.63) is 40.9 Å². The molecule has 3 heterocycles. The van der Waals surface area contributed by atoms with Crippen LogP contribution >= 0.6 is 11.3 Å². The monoisotopic (exact) mass is 398 g/mol. The number of carbonyl (C=O) groups excluding carboxylic acids is 1. The Kier molecular flexibility index (Phi) is 5.58. The summed E-state index contributed by atoms with van der Waals surface area (Å²) in [5.74, 6) is 0.668. The number of thiazole rings is 1. The number of para-hydroxylation sites is 1. The van der Waals surface area contributed by atoms with Crippen LogP contribution in [0.15, 0.2) is 29.6 Å². The van der Waals surface area contributed by atoms with E-state index in [1.54, 1.807) is 0 Å². The van der Waals surface area contributed by atoms with Crippen molar-refractivity contribution < 1.29 is 4.79 Å². The summed E-state index contributed by atoms with van der Waals surface area (Å²) in [6.45, 7) is 8.21. The highest BCUT2D eigenvalue weighted by Gasteiger charge is 2.38. The number of aromatic nitrogens is 1. The second-order valence-electron chi connectivity index (χ2n) is 8.14. The first-order valence-electron chi connectivity index (χ1n) is 10.4. The van der Waals surface area contributed by atoms with Crippen molar-refractivity contribution in [3.63, 3.8) is 0 Å². The van der Waals surface area contributed by atoms with Crippen molar-refractivity contribution in [3.8, 4) is 0 Å². The third-order valence-corrected chi connectivity index (χ3v) is 7.21. The molecule has 0 saturated carbocycles. The molecule has 1 aromatic carbocycles. The van der Waals surface area contributed by atoms with Gasteiger partial charge in [-0.25, -0.2) is 9.78 Å². The summed E-state index contributed by atoms with van der Waals surface area (Å²) in [5, 5.41) is 5.60. The zero-order valence-electron chi connectivity index (χ0n) is 17.0. The molecule has 2 aromatic rings. The summed E-state index contributed by atoms with van der Waals surface area (Å²) in [6, 6.07) is 9.94. The fourth-order valence-corrected chi connectivity index (χ4v) is 5.26. The quantitative estimate of drug-likeness (QED) is 0.795. The predicted molar refractivity (Wildman–Crippen MR) is 116 cm³/mol. The van der Waals surface area contributed by atoms with E-state index < -0.39 is 0 Å². The summed E-state index contributed by atoms with van der Waals surface area (Å²) in [7, 11) is 0. The third kappa shape index (κ3) is 3.75. The van der Waals surface area contributed by atoms with Gasteiger partial charge in [-0.1, -0.05) is 38.5 Å². The van der Waals surface area contributed by atoms with E-state index >= 15 is 0 Å². The number of nitrogens with one attached hydrogen (secondary N) is 1. The molecule has 28 heavy (non-hydrogen) atoms. The molecule has 2 unspecified atom stereocenters. The zero-order valence-corrected chi connectivity index (χ0v) is 17.8. The van der Waals surface area contributed by atoms with Crippen molar-refractivity contribution in [1.82, 2.24) is 9.88 Å². The molecule has 0 spiro atoms. The number of piperidine rings is 1. The van der Waals surface area contributed by atoms with Crippen LogP contribution in [0.4, 0.5) is 15.6 Å². The van der Waals surface area contributed by atoms with Gasteiger partial charge in [0.1, 0.15) is 0 Å². The first kappa shape index (κ1) is 19.2. The molecule has 150 valence electrons. The molecule has 1 saturated heterocycles. The van der Waals surface area contributed by atoms with E-state index in [2.05, 4.69) is 53.3 Å². The fourth-order valence-electron chi connectivity index (χ4n) is 4.58. The van der Waals surface area contributed by atoms with Crippen LogP contribution in [0.5, 0.6) is 0 Å². The van der Waals surface area contributed by atoms with Gasteiger partial charge in [-0.3, -0.25) is 5.32 Å². The number of rotatable bonds is 4. The number of aryl methyl sites for hydroxylation is 1. The van der Waals surface area contributed by atoms with Crippen molar-refractivity contribution in [2.45, 2.75) is 58.5 Å². The van der Waals surface area contributed by atoms with Crippen molar-refractivity contribution in [1.29, 1.82) is 0 Å². The molecule has 2 aliphatic heterocycles. The Bertz CT molecular complexity index is 827. The number of amides is 2. The lowest BCUT2D eigenvalue weighted by atomic mass is 9.93. The maximum Gasteiger partial charge on any atom is 0.323 e. The Labute approximate surface area is 171 Å². The van der Waals surface area contributed by atoms with E-state index in [1.807, 2.05) is 17.2 Å². The van der Waals surface area contributed by atoms with Crippen molar-refractivity contribution >= 4 is 28.2 Å². The number of urea groups is 1. The minimum atomic E-state index is -0.0203. The molecular formula is C22H30N4OS. The highest BCUT2D eigenvalue weighted by Crippen LogP contribution is 2.39. The predicted octanol–water partition coefficient (Wildman–Crippen LogP) is 4.93. The molecule has 1 N–H and O–H groups in total. The average molecular weight is 399 g/mol. The van der Waals surface area contributed by atoms with Gasteiger partial charge >= 0.3 is 6.03 Å². The smallest absolute Gasteiger partial charge is 0.323 e. The molecule has 2 aliphatic rings. The van der Waals surface area contributed by atoms with Gasteiger partial charge in [-0.05, 0) is 43.7 Å². The first-order valence-corrected chi connectivity index (χ1v) is 11.3.